The number of thiazole rings is 1. The first-order valence-electron chi connectivity index (χ1n) is 6.91. The van der Waals surface area contributed by atoms with Crippen LogP contribution in [0.5, 0.6) is 11.5 Å². The van der Waals surface area contributed by atoms with Crippen molar-refractivity contribution in [1.82, 2.24) is 4.98 Å². The van der Waals surface area contributed by atoms with E-state index in [1.165, 1.54) is 43.6 Å². The van der Waals surface area contributed by atoms with E-state index in [1.807, 2.05) is 0 Å². The zero-order chi connectivity index (χ0) is 18.4. The highest BCUT2D eigenvalue weighted by molar-refractivity contribution is 7.13. The molecule has 0 fully saturated rings. The molecule has 1 aromatic heterocycles. The summed E-state index contributed by atoms with van der Waals surface area (Å²) in [5.41, 5.74) is 0.572. The van der Waals surface area contributed by atoms with Crippen LogP contribution >= 0.6 is 11.3 Å². The van der Waals surface area contributed by atoms with Crippen molar-refractivity contribution in [2.24, 2.45) is 0 Å². The maximum atomic E-state index is 12.3. The van der Waals surface area contributed by atoms with Gasteiger partial charge in [0.1, 0.15) is 6.61 Å². The van der Waals surface area contributed by atoms with Crippen molar-refractivity contribution in [3.05, 3.63) is 34.8 Å². The molecule has 1 amide bonds. The van der Waals surface area contributed by atoms with Crippen LogP contribution in [-0.4, -0.2) is 30.6 Å². The molecule has 0 bridgehead atoms. The molecule has 0 aliphatic rings. The summed E-state index contributed by atoms with van der Waals surface area (Å²) in [5, 5.41) is 4.55. The topological polar surface area (TPSA) is 86.8 Å². The predicted molar refractivity (Wildman–Crippen MR) is 85.2 cm³/mol. The van der Waals surface area contributed by atoms with Gasteiger partial charge in [-0.25, -0.2) is 9.78 Å². The summed E-state index contributed by atoms with van der Waals surface area (Å²) in [5.74, 6) is -1.14. The Labute approximate surface area is 145 Å². The maximum absolute atomic E-state index is 12.3. The quantitative estimate of drug-likeness (QED) is 0.752. The molecule has 10 heteroatoms. The first-order chi connectivity index (χ1) is 11.9. The van der Waals surface area contributed by atoms with E-state index >= 15 is 0 Å². The molecular formula is C15H14F2N2O5S. The molecule has 0 radical (unpaired) electrons. The van der Waals surface area contributed by atoms with E-state index in [9.17, 15) is 18.4 Å². The number of aromatic nitrogens is 1. The number of hydrogen-bond acceptors (Lipinski definition) is 7. The number of esters is 1. The fourth-order valence-corrected chi connectivity index (χ4v) is 2.53. The number of benzene rings is 1. The zero-order valence-corrected chi connectivity index (χ0v) is 14.1. The van der Waals surface area contributed by atoms with Gasteiger partial charge in [0.15, 0.2) is 16.6 Å². The van der Waals surface area contributed by atoms with Gasteiger partial charge in [-0.3, -0.25) is 4.79 Å². The van der Waals surface area contributed by atoms with Crippen LogP contribution in [0.25, 0.3) is 0 Å². The number of carbonyl (C=O) groups excluding carboxylic acids is 2. The van der Waals surface area contributed by atoms with Crippen LogP contribution in [0.1, 0.15) is 23.0 Å². The Morgan fingerprint density at radius 3 is 2.72 bits per heavy atom. The van der Waals surface area contributed by atoms with Crippen LogP contribution in [-0.2, 0) is 16.1 Å². The maximum Gasteiger partial charge on any atom is 0.387 e. The molecule has 0 spiro atoms. The van der Waals surface area contributed by atoms with Crippen LogP contribution in [0.3, 0.4) is 0 Å². The Morgan fingerprint density at radius 2 is 2.08 bits per heavy atom. The van der Waals surface area contributed by atoms with E-state index in [2.05, 4.69) is 15.0 Å². The fourth-order valence-electron chi connectivity index (χ4n) is 1.79. The lowest BCUT2D eigenvalue weighted by atomic mass is 10.2. The minimum absolute atomic E-state index is 0.0173. The highest BCUT2D eigenvalue weighted by atomic mass is 32.1. The van der Waals surface area contributed by atoms with E-state index in [1.54, 1.807) is 5.38 Å². The number of halogens is 2. The summed E-state index contributed by atoms with van der Waals surface area (Å²) >= 11 is 1.20. The smallest absolute Gasteiger partial charge is 0.387 e. The van der Waals surface area contributed by atoms with Crippen molar-refractivity contribution >= 4 is 28.3 Å². The van der Waals surface area contributed by atoms with Crippen LogP contribution in [0, 0.1) is 0 Å². The summed E-state index contributed by atoms with van der Waals surface area (Å²) in [4.78, 5) is 27.1. The standard InChI is InChI=1S/C15H14F2N2O5S/c1-8(20)18-15-19-10(7-25-15)6-23-13(21)9-3-4-11(24-14(16)17)12(5-9)22-2/h3-5,7,14H,6H2,1-2H3,(H,18,19,20). The minimum Gasteiger partial charge on any atom is -0.493 e. The molecular weight excluding hydrogens is 358 g/mol. The van der Waals surface area contributed by atoms with Crippen molar-refractivity contribution in [1.29, 1.82) is 0 Å². The Kier molecular flexibility index (Phi) is 6.23. The zero-order valence-electron chi connectivity index (χ0n) is 13.2. The van der Waals surface area contributed by atoms with Gasteiger partial charge in [-0.1, -0.05) is 0 Å². The molecule has 2 rings (SSSR count). The second-order valence-corrected chi connectivity index (χ2v) is 5.50. The van der Waals surface area contributed by atoms with E-state index in [0.717, 1.165) is 0 Å². The normalized spacial score (nSPS) is 10.4. The molecule has 2 aromatic rings. The first kappa shape index (κ1) is 18.6. The molecule has 1 heterocycles. The second kappa shape index (κ2) is 8.38. The molecule has 0 aliphatic heterocycles. The SMILES string of the molecule is COc1cc(C(=O)OCc2csc(NC(C)=O)n2)ccc1OC(F)F. The Hall–Kier alpha value is -2.75. The third kappa shape index (κ3) is 5.38. The highest BCUT2D eigenvalue weighted by Gasteiger charge is 2.15. The van der Waals surface area contributed by atoms with Crippen molar-refractivity contribution in [3.63, 3.8) is 0 Å². The van der Waals surface area contributed by atoms with Gasteiger partial charge in [0.25, 0.3) is 0 Å². The van der Waals surface area contributed by atoms with Gasteiger partial charge >= 0.3 is 12.6 Å². The molecule has 0 atom stereocenters. The van der Waals surface area contributed by atoms with Crippen molar-refractivity contribution in [3.8, 4) is 11.5 Å². The second-order valence-electron chi connectivity index (χ2n) is 4.65. The Morgan fingerprint density at radius 1 is 1.32 bits per heavy atom. The number of rotatable bonds is 7. The number of carbonyl (C=O) groups is 2. The minimum atomic E-state index is -3.01. The molecule has 0 unspecified atom stereocenters. The fraction of sp³-hybridized carbons (Fsp3) is 0.267. The number of alkyl halides is 2. The molecule has 1 aromatic carbocycles. The predicted octanol–water partition coefficient (Wildman–Crippen LogP) is 3.07. The van der Waals surface area contributed by atoms with Gasteiger partial charge in [-0.2, -0.15) is 8.78 Å². The summed E-state index contributed by atoms with van der Waals surface area (Å²) in [6, 6.07) is 3.72. The highest BCUT2D eigenvalue weighted by Crippen LogP contribution is 2.29. The van der Waals surface area contributed by atoms with Crippen LogP contribution in [0.4, 0.5) is 13.9 Å². The van der Waals surface area contributed by atoms with Gasteiger partial charge in [0, 0.05) is 12.3 Å². The van der Waals surface area contributed by atoms with Gasteiger partial charge < -0.3 is 19.5 Å². The van der Waals surface area contributed by atoms with E-state index in [4.69, 9.17) is 9.47 Å². The average molecular weight is 372 g/mol. The molecule has 25 heavy (non-hydrogen) atoms. The number of nitrogens with zero attached hydrogens (tertiary/aromatic N) is 1. The molecule has 0 aliphatic carbocycles. The third-order valence-corrected chi connectivity index (χ3v) is 3.61. The first-order valence-corrected chi connectivity index (χ1v) is 7.79. The number of methoxy groups -OCH3 is 1. The van der Waals surface area contributed by atoms with E-state index in [0.29, 0.717) is 10.8 Å². The Balaban J connectivity index is 2.00. The lowest BCUT2D eigenvalue weighted by Crippen LogP contribution is -2.08. The summed E-state index contributed by atoms with van der Waals surface area (Å²) in [6.07, 6.45) is 0. The van der Waals surface area contributed by atoms with E-state index in [-0.39, 0.29) is 29.6 Å². The van der Waals surface area contributed by atoms with Crippen molar-refractivity contribution in [2.75, 3.05) is 12.4 Å². The monoisotopic (exact) mass is 372 g/mol. The largest absolute Gasteiger partial charge is 0.493 e. The number of ether oxygens (including phenoxy) is 3. The molecule has 134 valence electrons. The molecule has 7 nitrogen and oxygen atoms in total. The van der Waals surface area contributed by atoms with Crippen molar-refractivity contribution in [2.45, 2.75) is 20.1 Å². The number of hydrogen-bond donors (Lipinski definition) is 1. The van der Waals surface area contributed by atoms with Crippen LogP contribution < -0.4 is 14.8 Å². The molecule has 1 N–H and O–H groups in total. The lowest BCUT2D eigenvalue weighted by molar-refractivity contribution is -0.114. The van der Waals surface area contributed by atoms with Crippen LogP contribution in [0.15, 0.2) is 23.6 Å². The van der Waals surface area contributed by atoms with Gasteiger partial charge in [-0.15, -0.1) is 11.3 Å². The Bertz CT molecular complexity index is 766. The molecule has 0 saturated carbocycles. The van der Waals surface area contributed by atoms with Crippen LogP contribution in [0.2, 0.25) is 0 Å². The number of nitrogens with one attached hydrogen (secondary N) is 1. The number of anilines is 1. The van der Waals surface area contributed by atoms with E-state index < -0.39 is 12.6 Å². The van der Waals surface area contributed by atoms with Crippen molar-refractivity contribution < 1.29 is 32.6 Å². The van der Waals surface area contributed by atoms with Gasteiger partial charge in [0.2, 0.25) is 5.91 Å². The lowest BCUT2D eigenvalue weighted by Gasteiger charge is -2.11. The average Bonchev–Trinajstić information content (AvgIpc) is 2.99. The third-order valence-electron chi connectivity index (χ3n) is 2.80. The van der Waals surface area contributed by atoms with Gasteiger partial charge in [-0.05, 0) is 18.2 Å². The summed E-state index contributed by atoms with van der Waals surface area (Å²) in [6.45, 7) is -1.75. The summed E-state index contributed by atoms with van der Waals surface area (Å²) in [7, 11) is 1.27. The molecule has 0 saturated heterocycles. The summed E-state index contributed by atoms with van der Waals surface area (Å²) < 4.78 is 38.9. The number of amides is 1. The van der Waals surface area contributed by atoms with Gasteiger partial charge in [0.05, 0.1) is 18.4 Å².